The lowest BCUT2D eigenvalue weighted by molar-refractivity contribution is -0.113. The Morgan fingerprint density at radius 3 is 2.96 bits per heavy atom. The number of halogens is 1. The number of para-hydroxylation sites is 2. The Kier molecular flexibility index (Phi) is 4.73. The van der Waals surface area contributed by atoms with Crippen LogP contribution in [-0.2, 0) is 4.79 Å². The number of hydrogen-bond donors (Lipinski definition) is 1. The third kappa shape index (κ3) is 3.78. The van der Waals surface area contributed by atoms with Gasteiger partial charge < -0.3 is 14.5 Å². The van der Waals surface area contributed by atoms with Crippen LogP contribution in [0.1, 0.15) is 0 Å². The van der Waals surface area contributed by atoms with Crippen LogP contribution in [0.25, 0.3) is 11.1 Å². The van der Waals surface area contributed by atoms with Crippen molar-refractivity contribution in [1.29, 1.82) is 0 Å². The van der Waals surface area contributed by atoms with Gasteiger partial charge in [-0.1, -0.05) is 35.5 Å². The quantitative estimate of drug-likeness (QED) is 0.699. The van der Waals surface area contributed by atoms with Gasteiger partial charge in [-0.25, -0.2) is 4.98 Å². The predicted molar refractivity (Wildman–Crippen MR) is 91.4 cm³/mol. The molecule has 1 heterocycles. The van der Waals surface area contributed by atoms with Crippen LogP contribution in [0.3, 0.4) is 0 Å². The number of thioether (sulfide) groups is 1. The normalized spacial score (nSPS) is 10.7. The molecule has 1 N–H and O–H groups in total. The Hall–Kier alpha value is -2.18. The van der Waals surface area contributed by atoms with Crippen molar-refractivity contribution in [2.75, 3.05) is 18.2 Å². The molecule has 0 saturated heterocycles. The first-order chi connectivity index (χ1) is 11.2. The first-order valence-corrected chi connectivity index (χ1v) is 8.14. The molecule has 0 aliphatic rings. The molecule has 0 spiro atoms. The summed E-state index contributed by atoms with van der Waals surface area (Å²) >= 11 is 7.17. The highest BCUT2D eigenvalue weighted by Crippen LogP contribution is 2.28. The van der Waals surface area contributed by atoms with Crippen molar-refractivity contribution in [3.05, 3.63) is 47.5 Å². The number of oxazole rings is 1. The summed E-state index contributed by atoms with van der Waals surface area (Å²) in [6.07, 6.45) is 0. The van der Waals surface area contributed by atoms with Crippen LogP contribution < -0.4 is 10.1 Å². The summed E-state index contributed by atoms with van der Waals surface area (Å²) in [6.45, 7) is 0. The number of anilines is 1. The molecule has 118 valence electrons. The first-order valence-electron chi connectivity index (χ1n) is 6.77. The maximum atomic E-state index is 12.1. The molecule has 1 aromatic heterocycles. The third-order valence-corrected chi connectivity index (χ3v) is 4.10. The smallest absolute Gasteiger partial charge is 0.257 e. The lowest BCUT2D eigenvalue weighted by Crippen LogP contribution is -2.14. The number of nitrogens with one attached hydrogen (secondary N) is 1. The second kappa shape index (κ2) is 6.93. The maximum absolute atomic E-state index is 12.1. The van der Waals surface area contributed by atoms with Crippen LogP contribution in [0.5, 0.6) is 5.75 Å². The second-order valence-corrected chi connectivity index (χ2v) is 5.99. The van der Waals surface area contributed by atoms with Crippen LogP contribution in [-0.4, -0.2) is 23.8 Å². The fourth-order valence-corrected chi connectivity index (χ4v) is 2.81. The maximum Gasteiger partial charge on any atom is 0.257 e. The number of nitrogens with zero attached hydrogens (tertiary/aromatic N) is 1. The molecule has 0 fully saturated rings. The number of fused-ring (bicyclic) bond motifs is 1. The number of carbonyl (C=O) groups is 1. The minimum Gasteiger partial charge on any atom is -0.495 e. The monoisotopic (exact) mass is 348 g/mol. The number of aromatic nitrogens is 1. The van der Waals surface area contributed by atoms with Gasteiger partial charge in [-0.05, 0) is 30.3 Å². The fourth-order valence-electron chi connectivity index (χ4n) is 2.00. The molecule has 5 nitrogen and oxygen atoms in total. The number of methoxy groups -OCH3 is 1. The second-order valence-electron chi connectivity index (χ2n) is 4.63. The highest BCUT2D eigenvalue weighted by molar-refractivity contribution is 7.99. The molecule has 0 aliphatic heterocycles. The molecular formula is C16H13ClN2O3S. The molecule has 1 amide bonds. The van der Waals surface area contributed by atoms with Gasteiger partial charge in [0.2, 0.25) is 5.91 Å². The van der Waals surface area contributed by atoms with E-state index in [1.807, 2.05) is 24.3 Å². The van der Waals surface area contributed by atoms with Gasteiger partial charge in [0.1, 0.15) is 11.3 Å². The summed E-state index contributed by atoms with van der Waals surface area (Å²) in [4.78, 5) is 16.4. The Morgan fingerprint density at radius 1 is 1.35 bits per heavy atom. The van der Waals surface area contributed by atoms with Gasteiger partial charge >= 0.3 is 0 Å². The molecule has 7 heteroatoms. The Balaban J connectivity index is 1.64. The number of carbonyl (C=O) groups excluding carboxylic acids is 1. The molecule has 23 heavy (non-hydrogen) atoms. The molecule has 0 atom stereocenters. The molecule has 3 rings (SSSR count). The molecule has 0 bridgehead atoms. The van der Waals surface area contributed by atoms with Gasteiger partial charge in [-0.15, -0.1) is 0 Å². The van der Waals surface area contributed by atoms with E-state index in [0.29, 0.717) is 27.3 Å². The van der Waals surface area contributed by atoms with Crippen LogP contribution >= 0.6 is 23.4 Å². The van der Waals surface area contributed by atoms with Crippen molar-refractivity contribution in [2.24, 2.45) is 0 Å². The van der Waals surface area contributed by atoms with E-state index in [1.54, 1.807) is 18.2 Å². The summed E-state index contributed by atoms with van der Waals surface area (Å²) in [5.41, 5.74) is 2.00. The summed E-state index contributed by atoms with van der Waals surface area (Å²) in [6, 6.07) is 12.5. The van der Waals surface area contributed by atoms with E-state index in [0.717, 1.165) is 5.52 Å². The van der Waals surface area contributed by atoms with Gasteiger partial charge in [-0.3, -0.25) is 4.79 Å². The van der Waals surface area contributed by atoms with E-state index < -0.39 is 0 Å². The minimum absolute atomic E-state index is 0.169. The molecule has 0 aliphatic carbocycles. The van der Waals surface area contributed by atoms with Crippen molar-refractivity contribution in [1.82, 2.24) is 4.98 Å². The van der Waals surface area contributed by atoms with Crippen molar-refractivity contribution < 1.29 is 13.9 Å². The highest BCUT2D eigenvalue weighted by atomic mass is 35.5. The van der Waals surface area contributed by atoms with E-state index in [9.17, 15) is 4.79 Å². The summed E-state index contributed by atoms with van der Waals surface area (Å²) < 4.78 is 10.8. The van der Waals surface area contributed by atoms with Crippen molar-refractivity contribution in [3.63, 3.8) is 0 Å². The molecule has 0 saturated carbocycles. The zero-order valence-corrected chi connectivity index (χ0v) is 13.8. The molecule has 0 unspecified atom stereocenters. The summed E-state index contributed by atoms with van der Waals surface area (Å²) in [5.74, 6) is 0.523. The Morgan fingerprint density at radius 2 is 2.17 bits per heavy atom. The molecule has 0 radical (unpaired) electrons. The van der Waals surface area contributed by atoms with E-state index in [4.69, 9.17) is 20.8 Å². The van der Waals surface area contributed by atoms with Crippen LogP contribution in [0.15, 0.2) is 52.1 Å². The number of rotatable bonds is 5. The van der Waals surface area contributed by atoms with Gasteiger partial charge in [-0.2, -0.15) is 0 Å². The van der Waals surface area contributed by atoms with Gasteiger partial charge in [0.15, 0.2) is 5.58 Å². The standard InChI is InChI=1S/C16H13ClN2O3S/c1-21-13-7-6-10(17)8-12(13)18-15(20)9-23-16-19-11-4-2-3-5-14(11)22-16/h2-8H,9H2,1H3,(H,18,20). The number of amides is 1. The fraction of sp³-hybridized carbons (Fsp3) is 0.125. The van der Waals surface area contributed by atoms with Crippen molar-refractivity contribution in [3.8, 4) is 5.75 Å². The van der Waals surface area contributed by atoms with Crippen LogP contribution in [0.4, 0.5) is 5.69 Å². The molecular weight excluding hydrogens is 336 g/mol. The topological polar surface area (TPSA) is 64.4 Å². The number of benzene rings is 2. The van der Waals surface area contributed by atoms with E-state index in [-0.39, 0.29) is 11.7 Å². The first kappa shape index (κ1) is 15.7. The number of hydrogen-bond acceptors (Lipinski definition) is 5. The highest BCUT2D eigenvalue weighted by Gasteiger charge is 2.11. The van der Waals surface area contributed by atoms with Crippen molar-refractivity contribution in [2.45, 2.75) is 5.22 Å². The Bertz CT molecular complexity index is 817. The molecule has 2 aromatic carbocycles. The predicted octanol–water partition coefficient (Wildman–Crippen LogP) is 4.22. The lowest BCUT2D eigenvalue weighted by atomic mass is 10.3. The Labute approximate surface area is 142 Å². The van der Waals surface area contributed by atoms with Gasteiger partial charge in [0.25, 0.3) is 5.22 Å². The SMILES string of the molecule is COc1ccc(Cl)cc1NC(=O)CSc1nc2ccccc2o1. The number of ether oxygens (including phenoxy) is 1. The largest absolute Gasteiger partial charge is 0.495 e. The minimum atomic E-state index is -0.196. The van der Waals surface area contributed by atoms with Gasteiger partial charge in [0, 0.05) is 5.02 Å². The van der Waals surface area contributed by atoms with E-state index >= 15 is 0 Å². The average Bonchev–Trinajstić information content (AvgIpc) is 2.96. The zero-order chi connectivity index (χ0) is 16.2. The third-order valence-electron chi connectivity index (χ3n) is 3.04. The van der Waals surface area contributed by atoms with Gasteiger partial charge in [0.05, 0.1) is 18.6 Å². The van der Waals surface area contributed by atoms with Crippen molar-refractivity contribution >= 4 is 46.1 Å². The average molecular weight is 349 g/mol. The van der Waals surface area contributed by atoms with Crippen LogP contribution in [0.2, 0.25) is 5.02 Å². The zero-order valence-electron chi connectivity index (χ0n) is 12.2. The van der Waals surface area contributed by atoms with Crippen LogP contribution in [0, 0.1) is 0 Å². The molecule has 3 aromatic rings. The summed E-state index contributed by atoms with van der Waals surface area (Å²) in [5, 5.41) is 3.75. The summed E-state index contributed by atoms with van der Waals surface area (Å²) in [7, 11) is 1.53. The van der Waals surface area contributed by atoms with E-state index in [1.165, 1.54) is 18.9 Å². The lowest BCUT2D eigenvalue weighted by Gasteiger charge is -2.09. The van der Waals surface area contributed by atoms with E-state index in [2.05, 4.69) is 10.3 Å².